The molecule has 0 saturated carbocycles. The first kappa shape index (κ1) is 14.7. The van der Waals surface area contributed by atoms with E-state index in [2.05, 4.69) is 10.3 Å². The highest BCUT2D eigenvalue weighted by molar-refractivity contribution is 5.95. The maximum absolute atomic E-state index is 12.0. The average Bonchev–Trinajstić information content (AvgIpc) is 3.00. The van der Waals surface area contributed by atoms with Crippen LogP contribution in [0.15, 0.2) is 36.9 Å². The lowest BCUT2D eigenvalue weighted by molar-refractivity contribution is -0.384. The number of carbonyl (C=O) groups is 1. The molecule has 7 nitrogen and oxygen atoms in total. The molecule has 1 aromatic carbocycles. The number of hydrogen-bond donors (Lipinski definition) is 1. The lowest BCUT2D eigenvalue weighted by Crippen LogP contribution is -2.31. The van der Waals surface area contributed by atoms with Gasteiger partial charge in [0.2, 0.25) is 0 Å². The normalized spacial score (nSPS) is 11.9. The molecular formula is C14H16N4O3. The van der Waals surface area contributed by atoms with Crippen molar-refractivity contribution >= 4 is 11.6 Å². The first-order valence-corrected chi connectivity index (χ1v) is 6.60. The van der Waals surface area contributed by atoms with Gasteiger partial charge in [-0.15, -0.1) is 0 Å². The van der Waals surface area contributed by atoms with E-state index >= 15 is 0 Å². The van der Waals surface area contributed by atoms with Crippen molar-refractivity contribution in [2.45, 2.75) is 26.3 Å². The van der Waals surface area contributed by atoms with Crippen LogP contribution in [0.3, 0.4) is 0 Å². The van der Waals surface area contributed by atoms with Gasteiger partial charge in [-0.3, -0.25) is 14.9 Å². The highest BCUT2D eigenvalue weighted by atomic mass is 16.6. The first-order chi connectivity index (χ1) is 10.0. The van der Waals surface area contributed by atoms with Crippen LogP contribution in [-0.4, -0.2) is 26.4 Å². The molecule has 0 radical (unpaired) electrons. The van der Waals surface area contributed by atoms with Crippen LogP contribution in [-0.2, 0) is 0 Å². The van der Waals surface area contributed by atoms with Crippen LogP contribution in [0.4, 0.5) is 5.69 Å². The molecule has 7 heteroatoms. The Labute approximate surface area is 121 Å². The molecule has 0 bridgehead atoms. The maximum atomic E-state index is 12.0. The van der Waals surface area contributed by atoms with E-state index in [4.69, 9.17) is 0 Å². The third-order valence-corrected chi connectivity index (χ3v) is 3.21. The molecule has 21 heavy (non-hydrogen) atoms. The molecule has 1 heterocycles. The summed E-state index contributed by atoms with van der Waals surface area (Å²) < 4.78 is 1.54. The molecule has 1 amide bonds. The Balaban J connectivity index is 2.37. The number of carbonyl (C=O) groups excluding carboxylic acids is 1. The van der Waals surface area contributed by atoms with Gasteiger partial charge in [0.15, 0.2) is 0 Å². The zero-order valence-corrected chi connectivity index (χ0v) is 11.8. The highest BCUT2D eigenvalue weighted by Gasteiger charge is 2.19. The van der Waals surface area contributed by atoms with Crippen molar-refractivity contribution in [2.75, 3.05) is 0 Å². The van der Waals surface area contributed by atoms with Crippen LogP contribution in [0.25, 0.3) is 5.69 Å². The summed E-state index contributed by atoms with van der Waals surface area (Å²) in [5.41, 5.74) is 0.508. The summed E-state index contributed by atoms with van der Waals surface area (Å²) in [7, 11) is 0. The Hall–Kier alpha value is -2.70. The van der Waals surface area contributed by atoms with Crippen LogP contribution in [0, 0.1) is 10.1 Å². The smallest absolute Gasteiger partial charge is 0.294 e. The number of amides is 1. The summed E-state index contributed by atoms with van der Waals surface area (Å²) in [6.07, 6.45) is 5.41. The molecule has 1 N–H and O–H groups in total. The quantitative estimate of drug-likeness (QED) is 0.675. The summed E-state index contributed by atoms with van der Waals surface area (Å²) >= 11 is 0. The molecule has 0 saturated heterocycles. The van der Waals surface area contributed by atoms with Crippen molar-refractivity contribution in [3.63, 3.8) is 0 Å². The van der Waals surface area contributed by atoms with Crippen LogP contribution in [0.5, 0.6) is 0 Å². The van der Waals surface area contributed by atoms with E-state index in [0.29, 0.717) is 5.69 Å². The van der Waals surface area contributed by atoms with E-state index in [0.717, 1.165) is 6.42 Å². The predicted molar refractivity (Wildman–Crippen MR) is 77.4 cm³/mol. The first-order valence-electron chi connectivity index (χ1n) is 6.60. The van der Waals surface area contributed by atoms with E-state index < -0.39 is 4.92 Å². The molecule has 1 aromatic heterocycles. The number of nitrogens with zero attached hydrogens (tertiary/aromatic N) is 3. The summed E-state index contributed by atoms with van der Waals surface area (Å²) in [5, 5.41) is 14.0. The Bertz CT molecular complexity index is 652. The molecule has 0 aliphatic heterocycles. The molecule has 0 aliphatic rings. The van der Waals surface area contributed by atoms with Gasteiger partial charge in [-0.05, 0) is 25.5 Å². The van der Waals surface area contributed by atoms with E-state index in [9.17, 15) is 14.9 Å². The Morgan fingerprint density at radius 3 is 2.86 bits per heavy atom. The van der Waals surface area contributed by atoms with Gasteiger partial charge in [0.25, 0.3) is 11.6 Å². The molecule has 1 unspecified atom stereocenters. The van der Waals surface area contributed by atoms with Gasteiger partial charge in [-0.25, -0.2) is 4.98 Å². The van der Waals surface area contributed by atoms with E-state index in [1.807, 2.05) is 13.8 Å². The number of nitro benzene ring substituents is 1. The fourth-order valence-electron chi connectivity index (χ4n) is 1.84. The third-order valence-electron chi connectivity index (χ3n) is 3.21. The lowest BCUT2D eigenvalue weighted by Gasteiger charge is -2.12. The van der Waals surface area contributed by atoms with Gasteiger partial charge in [0.05, 0.1) is 11.3 Å². The number of nitro groups is 1. The Morgan fingerprint density at radius 2 is 2.29 bits per heavy atom. The van der Waals surface area contributed by atoms with Gasteiger partial charge in [0, 0.05) is 30.1 Å². The van der Waals surface area contributed by atoms with Crippen LogP contribution in [0.2, 0.25) is 0 Å². The standard InChI is InChI=1S/C14H16N4O3/c1-3-10(2)16-14(19)11-4-5-12(13(8-11)18(20)21)17-7-6-15-9-17/h4-10H,3H2,1-2H3,(H,16,19). The minimum absolute atomic E-state index is 0.0184. The summed E-state index contributed by atoms with van der Waals surface area (Å²) in [4.78, 5) is 26.6. The average molecular weight is 288 g/mol. The minimum atomic E-state index is -0.505. The van der Waals surface area contributed by atoms with E-state index in [-0.39, 0.29) is 23.2 Å². The largest absolute Gasteiger partial charge is 0.350 e. The molecule has 2 rings (SSSR count). The van der Waals surface area contributed by atoms with Crippen molar-refractivity contribution in [3.05, 3.63) is 52.6 Å². The zero-order valence-electron chi connectivity index (χ0n) is 11.8. The topological polar surface area (TPSA) is 90.1 Å². The fraction of sp³-hybridized carbons (Fsp3) is 0.286. The fourth-order valence-corrected chi connectivity index (χ4v) is 1.84. The van der Waals surface area contributed by atoms with Crippen LogP contribution < -0.4 is 5.32 Å². The van der Waals surface area contributed by atoms with Gasteiger partial charge in [-0.2, -0.15) is 0 Å². The summed E-state index contributed by atoms with van der Waals surface area (Å²) in [5.74, 6) is -0.315. The minimum Gasteiger partial charge on any atom is -0.350 e. The molecule has 0 aliphatic carbocycles. The maximum Gasteiger partial charge on any atom is 0.294 e. The molecule has 110 valence electrons. The number of rotatable bonds is 5. The molecule has 0 fully saturated rings. The van der Waals surface area contributed by atoms with Gasteiger partial charge in [-0.1, -0.05) is 6.92 Å². The second kappa shape index (κ2) is 6.17. The second-order valence-electron chi connectivity index (χ2n) is 4.71. The molecule has 1 atom stereocenters. The molecule has 2 aromatic rings. The van der Waals surface area contributed by atoms with Crippen molar-refractivity contribution in [3.8, 4) is 5.69 Å². The molecule has 0 spiro atoms. The monoisotopic (exact) mass is 288 g/mol. The number of benzene rings is 1. The van der Waals surface area contributed by atoms with Crippen LogP contribution in [0.1, 0.15) is 30.6 Å². The number of aromatic nitrogens is 2. The Morgan fingerprint density at radius 1 is 1.52 bits per heavy atom. The van der Waals surface area contributed by atoms with Crippen molar-refractivity contribution < 1.29 is 9.72 Å². The van der Waals surface area contributed by atoms with Crippen molar-refractivity contribution in [1.82, 2.24) is 14.9 Å². The summed E-state index contributed by atoms with van der Waals surface area (Å²) in [6.45, 7) is 3.84. The highest BCUT2D eigenvalue weighted by Crippen LogP contribution is 2.24. The lowest BCUT2D eigenvalue weighted by atomic mass is 10.1. The van der Waals surface area contributed by atoms with Gasteiger partial charge in [0.1, 0.15) is 5.69 Å². The number of hydrogen-bond acceptors (Lipinski definition) is 4. The number of nitrogens with one attached hydrogen (secondary N) is 1. The third kappa shape index (κ3) is 3.25. The Kier molecular flexibility index (Phi) is 4.32. The predicted octanol–water partition coefficient (Wildman–Crippen LogP) is 2.31. The van der Waals surface area contributed by atoms with Gasteiger partial charge < -0.3 is 9.88 Å². The van der Waals surface area contributed by atoms with Crippen LogP contribution >= 0.6 is 0 Å². The molecular weight excluding hydrogens is 272 g/mol. The second-order valence-corrected chi connectivity index (χ2v) is 4.71. The summed E-state index contributed by atoms with van der Waals surface area (Å²) in [6, 6.07) is 4.42. The van der Waals surface area contributed by atoms with E-state index in [1.165, 1.54) is 23.2 Å². The van der Waals surface area contributed by atoms with E-state index in [1.54, 1.807) is 18.3 Å². The van der Waals surface area contributed by atoms with Gasteiger partial charge >= 0.3 is 0 Å². The van der Waals surface area contributed by atoms with Crippen molar-refractivity contribution in [2.24, 2.45) is 0 Å². The SMILES string of the molecule is CCC(C)NC(=O)c1ccc(-n2ccnc2)c([N+](=O)[O-])c1. The van der Waals surface area contributed by atoms with Crippen molar-refractivity contribution in [1.29, 1.82) is 0 Å². The number of imidazole rings is 1. The zero-order chi connectivity index (χ0) is 15.4.